The summed E-state index contributed by atoms with van der Waals surface area (Å²) in [5.41, 5.74) is 3.06. The first-order valence-corrected chi connectivity index (χ1v) is 12.5. The van der Waals surface area contributed by atoms with Crippen LogP contribution in [0.1, 0.15) is 55.0 Å². The molecule has 1 saturated heterocycles. The van der Waals surface area contributed by atoms with Crippen LogP contribution >= 0.6 is 0 Å². The number of likely N-dealkylation sites (tertiary alicyclic amines) is 1. The number of carboxylic acids is 1. The van der Waals surface area contributed by atoms with Crippen molar-refractivity contribution in [3.8, 4) is 5.88 Å². The molecule has 4 rings (SSSR count). The predicted octanol–water partition coefficient (Wildman–Crippen LogP) is 2.82. The Labute approximate surface area is 206 Å². The monoisotopic (exact) mass is 481 g/mol. The zero-order valence-electron chi connectivity index (χ0n) is 20.3. The number of fused-ring (bicyclic) bond motifs is 1. The number of pyridine rings is 2. The Hall–Kier alpha value is -3.20. The van der Waals surface area contributed by atoms with Gasteiger partial charge in [-0.15, -0.1) is 0 Å². The Morgan fingerprint density at radius 1 is 1.29 bits per heavy atom. The van der Waals surface area contributed by atoms with Gasteiger partial charge in [-0.05, 0) is 68.8 Å². The maximum atomic E-state index is 13.1. The number of carboxylic acid groups (broad SMARTS) is 1. The van der Waals surface area contributed by atoms with Crippen molar-refractivity contribution >= 4 is 17.7 Å². The molecular formula is C26H35N5O4. The number of nitrogens with one attached hydrogen (secondary N) is 2. The summed E-state index contributed by atoms with van der Waals surface area (Å²) >= 11 is 0. The molecule has 9 nitrogen and oxygen atoms in total. The van der Waals surface area contributed by atoms with Crippen molar-refractivity contribution in [2.75, 3.05) is 38.6 Å². The molecule has 188 valence electrons. The van der Waals surface area contributed by atoms with Crippen molar-refractivity contribution in [1.29, 1.82) is 0 Å². The van der Waals surface area contributed by atoms with Gasteiger partial charge in [-0.3, -0.25) is 9.59 Å². The van der Waals surface area contributed by atoms with Crippen LogP contribution in [0.4, 0.5) is 5.82 Å². The zero-order chi connectivity index (χ0) is 24.6. The highest BCUT2D eigenvalue weighted by molar-refractivity contribution is 5.80. The maximum absolute atomic E-state index is 13.1. The minimum absolute atomic E-state index is 0.0980. The number of carbonyl (C=O) groups is 2. The van der Waals surface area contributed by atoms with Gasteiger partial charge < -0.3 is 25.4 Å². The van der Waals surface area contributed by atoms with E-state index in [1.165, 1.54) is 12.7 Å². The molecule has 1 amide bonds. The first-order valence-electron chi connectivity index (χ1n) is 12.5. The van der Waals surface area contributed by atoms with E-state index in [2.05, 4.69) is 32.7 Å². The number of hydrogen-bond donors (Lipinski definition) is 3. The van der Waals surface area contributed by atoms with Crippen LogP contribution in [0.3, 0.4) is 0 Å². The molecule has 0 radical (unpaired) electrons. The molecule has 9 heteroatoms. The molecule has 2 aromatic heterocycles. The second-order valence-corrected chi connectivity index (χ2v) is 9.38. The van der Waals surface area contributed by atoms with Crippen LogP contribution < -0.4 is 15.4 Å². The highest BCUT2D eigenvalue weighted by Crippen LogP contribution is 2.23. The van der Waals surface area contributed by atoms with Crippen LogP contribution in [0.25, 0.3) is 0 Å². The summed E-state index contributed by atoms with van der Waals surface area (Å²) in [6.45, 7) is 3.56. The molecule has 2 aliphatic heterocycles. The second kappa shape index (κ2) is 12.0. The van der Waals surface area contributed by atoms with Crippen molar-refractivity contribution in [2.24, 2.45) is 5.92 Å². The molecule has 1 fully saturated rings. The van der Waals surface area contributed by atoms with Crippen molar-refractivity contribution < 1.29 is 19.4 Å². The molecule has 0 aliphatic carbocycles. The lowest BCUT2D eigenvalue weighted by Gasteiger charge is -2.32. The molecule has 0 spiro atoms. The van der Waals surface area contributed by atoms with E-state index >= 15 is 0 Å². The van der Waals surface area contributed by atoms with Crippen molar-refractivity contribution in [3.05, 3.63) is 47.3 Å². The largest absolute Gasteiger partial charge is 0.481 e. The standard InChI is InChI=1S/C26H35N5O4/c1-35-23-11-9-19(16-28-23)22(15-24(32)33)30-26(34)20-6-3-13-31(17-20)14-4-7-21-10-8-18-5-2-12-27-25(18)29-21/h8-11,16,20,22H,2-7,12-15,17H2,1H3,(H,27,29)(H,30,34)(H,32,33)/t20-,22?/m1/s1. The van der Waals surface area contributed by atoms with E-state index in [9.17, 15) is 14.7 Å². The number of aromatic nitrogens is 2. The van der Waals surface area contributed by atoms with Gasteiger partial charge in [0.15, 0.2) is 0 Å². The highest BCUT2D eigenvalue weighted by atomic mass is 16.5. The molecule has 2 aromatic rings. The zero-order valence-corrected chi connectivity index (χ0v) is 20.3. The number of rotatable bonds is 10. The Kier molecular flexibility index (Phi) is 8.52. The normalized spacial score (nSPS) is 18.7. The summed E-state index contributed by atoms with van der Waals surface area (Å²) in [7, 11) is 1.52. The molecule has 35 heavy (non-hydrogen) atoms. The number of aryl methyl sites for hydroxylation is 2. The SMILES string of the molecule is COc1ccc(C(CC(=O)O)NC(=O)[C@@H]2CCCN(CCCc3ccc4c(n3)NCCC4)C2)cn1. The fourth-order valence-corrected chi connectivity index (χ4v) is 4.90. The van der Waals surface area contributed by atoms with E-state index in [-0.39, 0.29) is 18.2 Å². The highest BCUT2D eigenvalue weighted by Gasteiger charge is 2.28. The summed E-state index contributed by atoms with van der Waals surface area (Å²) in [4.78, 5) is 35.8. The van der Waals surface area contributed by atoms with Gasteiger partial charge in [-0.25, -0.2) is 9.97 Å². The second-order valence-electron chi connectivity index (χ2n) is 9.38. The number of methoxy groups -OCH3 is 1. The lowest BCUT2D eigenvalue weighted by Crippen LogP contribution is -2.44. The maximum Gasteiger partial charge on any atom is 0.305 e. The number of nitrogens with zero attached hydrogens (tertiary/aromatic N) is 3. The number of aliphatic carboxylic acids is 1. The Bertz CT molecular complexity index is 1010. The fraction of sp³-hybridized carbons (Fsp3) is 0.538. The number of ether oxygens (including phenoxy) is 1. The van der Waals surface area contributed by atoms with Gasteiger partial charge in [0.2, 0.25) is 11.8 Å². The molecule has 0 aromatic carbocycles. The third-order valence-corrected chi connectivity index (χ3v) is 6.80. The van der Waals surface area contributed by atoms with Gasteiger partial charge in [0.05, 0.1) is 25.5 Å². The smallest absolute Gasteiger partial charge is 0.305 e. The summed E-state index contributed by atoms with van der Waals surface area (Å²) in [5.74, 6) is 0.254. The average molecular weight is 482 g/mol. The van der Waals surface area contributed by atoms with E-state index in [0.29, 0.717) is 18.0 Å². The topological polar surface area (TPSA) is 117 Å². The van der Waals surface area contributed by atoms with Gasteiger partial charge in [-0.2, -0.15) is 0 Å². The lowest BCUT2D eigenvalue weighted by molar-refractivity contribution is -0.138. The van der Waals surface area contributed by atoms with Crippen LogP contribution in [-0.2, 0) is 22.4 Å². The first-order chi connectivity index (χ1) is 17.0. The molecule has 0 saturated carbocycles. The molecule has 1 unspecified atom stereocenters. The van der Waals surface area contributed by atoms with Crippen LogP contribution in [0.15, 0.2) is 30.5 Å². The Morgan fingerprint density at radius 2 is 2.17 bits per heavy atom. The number of carbonyl (C=O) groups excluding carboxylic acids is 1. The van der Waals surface area contributed by atoms with E-state index in [4.69, 9.17) is 9.72 Å². The van der Waals surface area contributed by atoms with Gasteiger partial charge in [0, 0.05) is 31.0 Å². The molecule has 2 atom stereocenters. The minimum Gasteiger partial charge on any atom is -0.481 e. The number of anilines is 1. The van der Waals surface area contributed by atoms with Gasteiger partial charge in [0.25, 0.3) is 0 Å². The summed E-state index contributed by atoms with van der Waals surface area (Å²) in [6.07, 6.45) is 7.27. The van der Waals surface area contributed by atoms with E-state index in [0.717, 1.165) is 69.7 Å². The summed E-state index contributed by atoms with van der Waals surface area (Å²) in [5, 5.41) is 15.7. The average Bonchev–Trinajstić information content (AvgIpc) is 2.88. The molecular weight excluding hydrogens is 446 g/mol. The molecule has 0 bridgehead atoms. The molecule has 4 heterocycles. The Morgan fingerprint density at radius 3 is 2.94 bits per heavy atom. The number of piperidine rings is 1. The van der Waals surface area contributed by atoms with Gasteiger partial charge >= 0.3 is 5.97 Å². The third-order valence-electron chi connectivity index (χ3n) is 6.80. The number of amides is 1. The fourth-order valence-electron chi connectivity index (χ4n) is 4.90. The summed E-state index contributed by atoms with van der Waals surface area (Å²) in [6, 6.07) is 7.12. The van der Waals surface area contributed by atoms with E-state index in [1.807, 2.05) is 0 Å². The third kappa shape index (κ3) is 6.91. The number of hydrogen-bond acceptors (Lipinski definition) is 7. The van der Waals surface area contributed by atoms with Crippen LogP contribution in [0.5, 0.6) is 5.88 Å². The van der Waals surface area contributed by atoms with Gasteiger partial charge in [0.1, 0.15) is 5.82 Å². The molecule has 3 N–H and O–H groups in total. The minimum atomic E-state index is -0.970. The lowest BCUT2D eigenvalue weighted by atomic mass is 9.95. The van der Waals surface area contributed by atoms with Crippen LogP contribution in [-0.4, -0.2) is 65.1 Å². The summed E-state index contributed by atoms with van der Waals surface area (Å²) < 4.78 is 5.08. The Balaban J connectivity index is 1.29. The van der Waals surface area contributed by atoms with E-state index < -0.39 is 12.0 Å². The van der Waals surface area contributed by atoms with Crippen molar-refractivity contribution in [1.82, 2.24) is 20.2 Å². The first kappa shape index (κ1) is 24.9. The van der Waals surface area contributed by atoms with Crippen molar-refractivity contribution in [3.63, 3.8) is 0 Å². The molecule has 2 aliphatic rings. The predicted molar refractivity (Wildman–Crippen MR) is 132 cm³/mol. The van der Waals surface area contributed by atoms with Gasteiger partial charge in [-0.1, -0.05) is 12.1 Å². The van der Waals surface area contributed by atoms with Crippen molar-refractivity contribution in [2.45, 2.75) is 51.0 Å². The van der Waals surface area contributed by atoms with E-state index in [1.54, 1.807) is 18.3 Å². The van der Waals surface area contributed by atoms with Crippen LogP contribution in [0, 0.1) is 5.92 Å². The van der Waals surface area contributed by atoms with Crippen LogP contribution in [0.2, 0.25) is 0 Å². The quantitative estimate of drug-likeness (QED) is 0.474.